The van der Waals surface area contributed by atoms with Crippen LogP contribution in [0.2, 0.25) is 0 Å². The van der Waals surface area contributed by atoms with E-state index in [-0.39, 0.29) is 5.82 Å². The van der Waals surface area contributed by atoms with Crippen LogP contribution in [0.1, 0.15) is 13.3 Å². The zero-order valence-corrected chi connectivity index (χ0v) is 8.63. The number of halogens is 1. The molecule has 1 aromatic heterocycles. The number of para-hydroxylation sites is 1. The van der Waals surface area contributed by atoms with Crippen LogP contribution in [0.5, 0.6) is 0 Å². The van der Waals surface area contributed by atoms with Crippen LogP contribution in [0.15, 0.2) is 30.3 Å². The monoisotopic (exact) mass is 204 g/mol. The lowest BCUT2D eigenvalue weighted by atomic mass is 10.2. The van der Waals surface area contributed by atoms with E-state index in [0.29, 0.717) is 5.52 Å². The lowest BCUT2D eigenvalue weighted by molar-refractivity contribution is 0.637. The van der Waals surface area contributed by atoms with Crippen molar-refractivity contribution in [2.24, 2.45) is 0 Å². The van der Waals surface area contributed by atoms with E-state index in [0.717, 1.165) is 24.2 Å². The van der Waals surface area contributed by atoms with Gasteiger partial charge in [-0.25, -0.2) is 9.37 Å². The second kappa shape index (κ2) is 4.26. The molecule has 78 valence electrons. The van der Waals surface area contributed by atoms with Gasteiger partial charge in [-0.3, -0.25) is 0 Å². The molecule has 0 radical (unpaired) electrons. The van der Waals surface area contributed by atoms with E-state index in [2.05, 4.69) is 17.2 Å². The summed E-state index contributed by atoms with van der Waals surface area (Å²) in [6.45, 7) is 2.93. The zero-order chi connectivity index (χ0) is 10.7. The Morgan fingerprint density at radius 2 is 2.13 bits per heavy atom. The van der Waals surface area contributed by atoms with Crippen molar-refractivity contribution >= 4 is 16.7 Å². The molecule has 3 heteroatoms. The molecule has 0 amide bonds. The van der Waals surface area contributed by atoms with Crippen molar-refractivity contribution in [2.75, 3.05) is 11.9 Å². The molecular weight excluding hydrogens is 191 g/mol. The summed E-state index contributed by atoms with van der Waals surface area (Å²) in [5.74, 6) is 0.460. The number of aromatic nitrogens is 1. The molecule has 0 fully saturated rings. The molecule has 0 unspecified atom stereocenters. The van der Waals surface area contributed by atoms with Gasteiger partial charge in [0.25, 0.3) is 0 Å². The SMILES string of the molecule is CCCNc1ccc2cccc(F)c2n1. The summed E-state index contributed by atoms with van der Waals surface area (Å²) in [7, 11) is 0. The second-order valence-corrected chi connectivity index (χ2v) is 3.43. The van der Waals surface area contributed by atoms with Gasteiger partial charge in [-0.05, 0) is 24.6 Å². The second-order valence-electron chi connectivity index (χ2n) is 3.43. The van der Waals surface area contributed by atoms with Crippen molar-refractivity contribution in [1.29, 1.82) is 0 Å². The smallest absolute Gasteiger partial charge is 0.149 e. The van der Waals surface area contributed by atoms with E-state index < -0.39 is 0 Å². The number of pyridine rings is 1. The summed E-state index contributed by atoms with van der Waals surface area (Å²) in [5, 5.41) is 3.97. The zero-order valence-electron chi connectivity index (χ0n) is 8.63. The highest BCUT2D eigenvalue weighted by Crippen LogP contribution is 2.17. The van der Waals surface area contributed by atoms with Gasteiger partial charge in [0.15, 0.2) is 0 Å². The Balaban J connectivity index is 2.41. The first kappa shape index (κ1) is 9.90. The summed E-state index contributed by atoms with van der Waals surface area (Å²) in [5.41, 5.74) is 0.429. The molecule has 0 atom stereocenters. The molecule has 0 aliphatic carbocycles. The minimum atomic E-state index is -0.271. The maximum absolute atomic E-state index is 13.4. The molecule has 0 bridgehead atoms. The van der Waals surface area contributed by atoms with E-state index in [9.17, 15) is 4.39 Å². The van der Waals surface area contributed by atoms with Gasteiger partial charge >= 0.3 is 0 Å². The Bertz CT molecular complexity index is 468. The summed E-state index contributed by atoms with van der Waals surface area (Å²) in [4.78, 5) is 4.23. The fraction of sp³-hybridized carbons (Fsp3) is 0.250. The van der Waals surface area contributed by atoms with Gasteiger partial charge in [0, 0.05) is 11.9 Å². The van der Waals surface area contributed by atoms with E-state index in [1.54, 1.807) is 6.07 Å². The van der Waals surface area contributed by atoms with Crippen LogP contribution < -0.4 is 5.32 Å². The van der Waals surface area contributed by atoms with Crippen molar-refractivity contribution in [3.8, 4) is 0 Å². The standard InChI is InChI=1S/C12H13FN2/c1-2-8-14-11-7-6-9-4-3-5-10(13)12(9)15-11/h3-7H,2,8H2,1H3,(H,14,15). The van der Waals surface area contributed by atoms with Crippen LogP contribution in [-0.2, 0) is 0 Å². The fourth-order valence-electron chi connectivity index (χ4n) is 1.46. The molecule has 2 aromatic rings. The summed E-state index contributed by atoms with van der Waals surface area (Å²) in [6.07, 6.45) is 1.02. The average Bonchev–Trinajstić information content (AvgIpc) is 2.27. The third kappa shape index (κ3) is 2.06. The van der Waals surface area contributed by atoms with Crippen molar-refractivity contribution in [3.05, 3.63) is 36.1 Å². The van der Waals surface area contributed by atoms with Crippen LogP contribution >= 0.6 is 0 Å². The highest BCUT2D eigenvalue weighted by molar-refractivity contribution is 5.80. The predicted octanol–water partition coefficient (Wildman–Crippen LogP) is 3.20. The molecule has 0 aliphatic heterocycles. The summed E-state index contributed by atoms with van der Waals surface area (Å²) in [6, 6.07) is 8.73. The van der Waals surface area contributed by atoms with Gasteiger partial charge in [-0.2, -0.15) is 0 Å². The first-order valence-electron chi connectivity index (χ1n) is 5.10. The Hall–Kier alpha value is -1.64. The normalized spacial score (nSPS) is 10.5. The van der Waals surface area contributed by atoms with Gasteiger partial charge in [0.1, 0.15) is 17.2 Å². The Labute approximate surface area is 88.1 Å². The fourth-order valence-corrected chi connectivity index (χ4v) is 1.46. The lowest BCUT2D eigenvalue weighted by Crippen LogP contribution is -2.01. The van der Waals surface area contributed by atoms with Crippen LogP contribution in [0.3, 0.4) is 0 Å². The minimum absolute atomic E-state index is 0.271. The van der Waals surface area contributed by atoms with E-state index in [1.165, 1.54) is 6.07 Å². The largest absolute Gasteiger partial charge is 0.370 e. The Morgan fingerprint density at radius 3 is 2.93 bits per heavy atom. The number of rotatable bonds is 3. The van der Waals surface area contributed by atoms with Gasteiger partial charge < -0.3 is 5.32 Å². The van der Waals surface area contributed by atoms with Crippen molar-refractivity contribution in [1.82, 2.24) is 4.98 Å². The van der Waals surface area contributed by atoms with Gasteiger partial charge in [0.05, 0.1) is 0 Å². The molecule has 15 heavy (non-hydrogen) atoms. The first-order chi connectivity index (χ1) is 7.31. The molecule has 0 spiro atoms. The Kier molecular flexibility index (Phi) is 2.81. The molecule has 2 nitrogen and oxygen atoms in total. The summed E-state index contributed by atoms with van der Waals surface area (Å²) < 4.78 is 13.4. The molecule has 0 saturated carbocycles. The quantitative estimate of drug-likeness (QED) is 0.830. The van der Waals surface area contributed by atoms with Crippen LogP contribution in [-0.4, -0.2) is 11.5 Å². The topological polar surface area (TPSA) is 24.9 Å². The molecule has 1 aromatic carbocycles. The number of nitrogens with zero attached hydrogens (tertiary/aromatic N) is 1. The van der Waals surface area contributed by atoms with Crippen LogP contribution in [0.25, 0.3) is 10.9 Å². The number of hydrogen-bond acceptors (Lipinski definition) is 2. The number of hydrogen-bond donors (Lipinski definition) is 1. The lowest BCUT2D eigenvalue weighted by Gasteiger charge is -2.05. The van der Waals surface area contributed by atoms with E-state index in [4.69, 9.17) is 0 Å². The number of anilines is 1. The Morgan fingerprint density at radius 1 is 1.27 bits per heavy atom. The molecule has 2 rings (SSSR count). The van der Waals surface area contributed by atoms with Crippen molar-refractivity contribution < 1.29 is 4.39 Å². The number of nitrogens with one attached hydrogen (secondary N) is 1. The van der Waals surface area contributed by atoms with Crippen LogP contribution in [0, 0.1) is 5.82 Å². The van der Waals surface area contributed by atoms with Gasteiger partial charge in [-0.15, -0.1) is 0 Å². The molecule has 0 aliphatic rings. The van der Waals surface area contributed by atoms with E-state index >= 15 is 0 Å². The molecular formula is C12H13FN2. The van der Waals surface area contributed by atoms with Gasteiger partial charge in [0.2, 0.25) is 0 Å². The highest BCUT2D eigenvalue weighted by atomic mass is 19.1. The maximum atomic E-state index is 13.4. The van der Waals surface area contributed by atoms with Crippen LogP contribution in [0.4, 0.5) is 10.2 Å². The number of fused-ring (bicyclic) bond motifs is 1. The number of benzene rings is 1. The molecule has 0 saturated heterocycles. The van der Waals surface area contributed by atoms with E-state index in [1.807, 2.05) is 18.2 Å². The highest BCUT2D eigenvalue weighted by Gasteiger charge is 2.02. The predicted molar refractivity (Wildman–Crippen MR) is 60.5 cm³/mol. The molecule has 1 N–H and O–H groups in total. The van der Waals surface area contributed by atoms with Crippen molar-refractivity contribution in [3.63, 3.8) is 0 Å². The third-order valence-electron chi connectivity index (χ3n) is 2.23. The maximum Gasteiger partial charge on any atom is 0.149 e. The molecule has 1 heterocycles. The van der Waals surface area contributed by atoms with Crippen molar-refractivity contribution in [2.45, 2.75) is 13.3 Å². The minimum Gasteiger partial charge on any atom is -0.370 e. The summed E-state index contributed by atoms with van der Waals surface area (Å²) >= 11 is 0. The van der Waals surface area contributed by atoms with Gasteiger partial charge in [-0.1, -0.05) is 19.1 Å². The average molecular weight is 204 g/mol. The first-order valence-corrected chi connectivity index (χ1v) is 5.10. The third-order valence-corrected chi connectivity index (χ3v) is 2.23.